The third-order valence-electron chi connectivity index (χ3n) is 4.11. The SMILES string of the molecule is CN=C(NCc1ccco1)NCC1CCN(CCOC)CC1. The predicted octanol–water partition coefficient (Wildman–Crippen LogP) is 1.30. The van der Waals surface area contributed by atoms with E-state index >= 15 is 0 Å². The Kier molecular flexibility index (Phi) is 7.25. The van der Waals surface area contributed by atoms with Crippen molar-refractivity contribution in [2.24, 2.45) is 10.9 Å². The second-order valence-corrected chi connectivity index (χ2v) is 5.66. The van der Waals surface area contributed by atoms with Crippen molar-refractivity contribution in [1.82, 2.24) is 15.5 Å². The smallest absolute Gasteiger partial charge is 0.191 e. The zero-order valence-corrected chi connectivity index (χ0v) is 13.7. The molecular formula is C16H28N4O2. The van der Waals surface area contributed by atoms with Crippen LogP contribution < -0.4 is 10.6 Å². The van der Waals surface area contributed by atoms with E-state index < -0.39 is 0 Å². The fraction of sp³-hybridized carbons (Fsp3) is 0.688. The van der Waals surface area contributed by atoms with Crippen LogP contribution in [0.1, 0.15) is 18.6 Å². The van der Waals surface area contributed by atoms with E-state index in [0.29, 0.717) is 12.5 Å². The van der Waals surface area contributed by atoms with E-state index in [1.807, 2.05) is 12.1 Å². The lowest BCUT2D eigenvalue weighted by Gasteiger charge is -2.32. The monoisotopic (exact) mass is 308 g/mol. The second-order valence-electron chi connectivity index (χ2n) is 5.66. The highest BCUT2D eigenvalue weighted by atomic mass is 16.5. The number of piperidine rings is 1. The Morgan fingerprint density at radius 2 is 2.23 bits per heavy atom. The normalized spacial score (nSPS) is 17.6. The summed E-state index contributed by atoms with van der Waals surface area (Å²) in [5.74, 6) is 2.45. The molecule has 0 saturated carbocycles. The van der Waals surface area contributed by atoms with Gasteiger partial charge in [-0.2, -0.15) is 0 Å². The molecule has 0 atom stereocenters. The molecule has 1 fully saturated rings. The number of nitrogens with zero attached hydrogens (tertiary/aromatic N) is 2. The first-order chi connectivity index (χ1) is 10.8. The highest BCUT2D eigenvalue weighted by Gasteiger charge is 2.18. The van der Waals surface area contributed by atoms with E-state index in [9.17, 15) is 0 Å². The van der Waals surface area contributed by atoms with Crippen molar-refractivity contribution in [2.75, 3.05) is 46.9 Å². The van der Waals surface area contributed by atoms with Gasteiger partial charge < -0.3 is 24.7 Å². The van der Waals surface area contributed by atoms with Gasteiger partial charge in [-0.1, -0.05) is 0 Å². The Bertz CT molecular complexity index is 425. The Morgan fingerprint density at radius 1 is 1.41 bits per heavy atom. The molecule has 0 bridgehead atoms. The Morgan fingerprint density at radius 3 is 2.86 bits per heavy atom. The maximum Gasteiger partial charge on any atom is 0.191 e. The zero-order valence-electron chi connectivity index (χ0n) is 13.7. The van der Waals surface area contributed by atoms with Crippen molar-refractivity contribution in [3.63, 3.8) is 0 Å². The van der Waals surface area contributed by atoms with Crippen LogP contribution in [-0.4, -0.2) is 57.8 Å². The first-order valence-corrected chi connectivity index (χ1v) is 8.00. The van der Waals surface area contributed by atoms with Crippen molar-refractivity contribution in [3.8, 4) is 0 Å². The first kappa shape index (κ1) is 16.8. The van der Waals surface area contributed by atoms with Crippen LogP contribution in [0.25, 0.3) is 0 Å². The standard InChI is InChI=1S/C16H28N4O2/c1-17-16(19-13-15-4-3-10-22-15)18-12-14-5-7-20(8-6-14)9-11-21-2/h3-4,10,14H,5-9,11-13H2,1-2H3,(H2,17,18,19). The minimum Gasteiger partial charge on any atom is -0.467 e. The summed E-state index contributed by atoms with van der Waals surface area (Å²) in [6.45, 7) is 5.82. The summed E-state index contributed by atoms with van der Waals surface area (Å²) in [5, 5.41) is 6.68. The average molecular weight is 308 g/mol. The van der Waals surface area contributed by atoms with E-state index in [1.54, 1.807) is 20.4 Å². The van der Waals surface area contributed by atoms with Crippen LogP contribution in [-0.2, 0) is 11.3 Å². The molecule has 124 valence electrons. The van der Waals surface area contributed by atoms with Crippen LogP contribution in [0.4, 0.5) is 0 Å². The number of hydrogen-bond donors (Lipinski definition) is 2. The van der Waals surface area contributed by atoms with Gasteiger partial charge in [0.25, 0.3) is 0 Å². The summed E-state index contributed by atoms with van der Waals surface area (Å²) in [6.07, 6.45) is 4.14. The molecule has 1 aliphatic rings. The first-order valence-electron chi connectivity index (χ1n) is 8.00. The summed E-state index contributed by atoms with van der Waals surface area (Å²) in [7, 11) is 3.56. The number of hydrogen-bond acceptors (Lipinski definition) is 4. The quantitative estimate of drug-likeness (QED) is 0.587. The number of rotatable bonds is 7. The lowest BCUT2D eigenvalue weighted by Crippen LogP contribution is -2.43. The third-order valence-corrected chi connectivity index (χ3v) is 4.11. The van der Waals surface area contributed by atoms with Crippen LogP contribution in [0.2, 0.25) is 0 Å². The molecule has 1 aromatic rings. The van der Waals surface area contributed by atoms with Crippen molar-refractivity contribution in [3.05, 3.63) is 24.2 Å². The van der Waals surface area contributed by atoms with E-state index in [0.717, 1.165) is 44.5 Å². The topological polar surface area (TPSA) is 62.0 Å². The highest BCUT2D eigenvalue weighted by molar-refractivity contribution is 5.79. The van der Waals surface area contributed by atoms with Gasteiger partial charge in [0.1, 0.15) is 5.76 Å². The van der Waals surface area contributed by atoms with E-state index in [1.165, 1.54) is 12.8 Å². The van der Waals surface area contributed by atoms with Gasteiger partial charge in [-0.15, -0.1) is 0 Å². The molecule has 2 heterocycles. The molecule has 0 amide bonds. The molecule has 2 N–H and O–H groups in total. The van der Waals surface area contributed by atoms with E-state index in [2.05, 4.69) is 20.5 Å². The third kappa shape index (κ3) is 5.69. The number of likely N-dealkylation sites (tertiary alicyclic amines) is 1. The van der Waals surface area contributed by atoms with Gasteiger partial charge in [0.15, 0.2) is 5.96 Å². The van der Waals surface area contributed by atoms with Crippen LogP contribution in [0.15, 0.2) is 27.8 Å². The lowest BCUT2D eigenvalue weighted by atomic mass is 9.97. The zero-order chi connectivity index (χ0) is 15.6. The number of aliphatic imine (C=N–C) groups is 1. The number of ether oxygens (including phenoxy) is 1. The van der Waals surface area contributed by atoms with Crippen molar-refractivity contribution >= 4 is 5.96 Å². The van der Waals surface area contributed by atoms with Gasteiger partial charge in [-0.3, -0.25) is 4.99 Å². The largest absolute Gasteiger partial charge is 0.467 e. The van der Waals surface area contributed by atoms with Crippen LogP contribution in [0, 0.1) is 5.92 Å². The minimum absolute atomic E-state index is 0.655. The number of furan rings is 1. The van der Waals surface area contributed by atoms with Gasteiger partial charge in [0.05, 0.1) is 19.4 Å². The number of guanidine groups is 1. The molecule has 1 aromatic heterocycles. The van der Waals surface area contributed by atoms with E-state index in [-0.39, 0.29) is 0 Å². The highest BCUT2D eigenvalue weighted by Crippen LogP contribution is 2.15. The summed E-state index contributed by atoms with van der Waals surface area (Å²) in [4.78, 5) is 6.73. The van der Waals surface area contributed by atoms with Crippen LogP contribution in [0.3, 0.4) is 0 Å². The predicted molar refractivity (Wildman–Crippen MR) is 87.9 cm³/mol. The summed E-state index contributed by atoms with van der Waals surface area (Å²) in [6, 6.07) is 3.85. The van der Waals surface area contributed by atoms with Gasteiger partial charge in [-0.05, 0) is 44.0 Å². The molecule has 0 spiro atoms. The fourth-order valence-electron chi connectivity index (χ4n) is 2.68. The molecule has 2 rings (SSSR count). The molecule has 0 radical (unpaired) electrons. The average Bonchev–Trinajstić information content (AvgIpc) is 3.07. The van der Waals surface area contributed by atoms with Crippen molar-refractivity contribution in [1.29, 1.82) is 0 Å². The molecule has 0 unspecified atom stereocenters. The van der Waals surface area contributed by atoms with Crippen LogP contribution in [0.5, 0.6) is 0 Å². The van der Waals surface area contributed by atoms with Gasteiger partial charge >= 0.3 is 0 Å². The maximum atomic E-state index is 5.31. The minimum atomic E-state index is 0.655. The summed E-state index contributed by atoms with van der Waals surface area (Å²) >= 11 is 0. The van der Waals surface area contributed by atoms with E-state index in [4.69, 9.17) is 9.15 Å². The fourth-order valence-corrected chi connectivity index (χ4v) is 2.68. The van der Waals surface area contributed by atoms with Crippen LogP contribution >= 0.6 is 0 Å². The molecule has 1 saturated heterocycles. The Hall–Kier alpha value is -1.53. The lowest BCUT2D eigenvalue weighted by molar-refractivity contribution is 0.121. The summed E-state index contributed by atoms with van der Waals surface area (Å²) < 4.78 is 10.4. The molecule has 6 heteroatoms. The van der Waals surface area contributed by atoms with Gasteiger partial charge in [0.2, 0.25) is 0 Å². The summed E-state index contributed by atoms with van der Waals surface area (Å²) in [5.41, 5.74) is 0. The Balaban J connectivity index is 1.62. The van der Waals surface area contributed by atoms with Crippen molar-refractivity contribution in [2.45, 2.75) is 19.4 Å². The van der Waals surface area contributed by atoms with Gasteiger partial charge in [-0.25, -0.2) is 0 Å². The van der Waals surface area contributed by atoms with Gasteiger partial charge in [0, 0.05) is 27.2 Å². The molecule has 6 nitrogen and oxygen atoms in total. The molecule has 0 aromatic carbocycles. The molecule has 0 aliphatic carbocycles. The molecule has 1 aliphatic heterocycles. The molecule has 22 heavy (non-hydrogen) atoms. The maximum absolute atomic E-state index is 5.31. The number of methoxy groups -OCH3 is 1. The van der Waals surface area contributed by atoms with Crippen molar-refractivity contribution < 1.29 is 9.15 Å². The molecular weight excluding hydrogens is 280 g/mol. The second kappa shape index (κ2) is 9.48. The Labute approximate surface area is 132 Å². The number of nitrogens with one attached hydrogen (secondary N) is 2.